The number of nitriles is 1. The van der Waals surface area contributed by atoms with Gasteiger partial charge >= 0.3 is 6.09 Å². The summed E-state index contributed by atoms with van der Waals surface area (Å²) in [6.45, 7) is 2.32. The predicted molar refractivity (Wildman–Crippen MR) is 142 cm³/mol. The van der Waals surface area contributed by atoms with Crippen molar-refractivity contribution >= 4 is 41.7 Å². The van der Waals surface area contributed by atoms with E-state index in [9.17, 15) is 4.79 Å². The van der Waals surface area contributed by atoms with Gasteiger partial charge in [-0.25, -0.2) is 4.79 Å². The van der Waals surface area contributed by atoms with Gasteiger partial charge in [-0.05, 0) is 56.5 Å². The van der Waals surface area contributed by atoms with E-state index in [2.05, 4.69) is 20.9 Å². The number of nitrogens with one attached hydrogen (secondary N) is 3. The van der Waals surface area contributed by atoms with Gasteiger partial charge in [-0.15, -0.1) is 12.4 Å². The summed E-state index contributed by atoms with van der Waals surface area (Å²) in [6, 6.07) is 10.9. The first kappa shape index (κ1) is 34.0. The number of hydrogen-bond acceptors (Lipinski definition) is 6. The molecule has 13 heteroatoms. The molecule has 37 heavy (non-hydrogen) atoms. The van der Waals surface area contributed by atoms with Gasteiger partial charge in [-0.2, -0.15) is 9.83 Å². The lowest BCUT2D eigenvalue weighted by atomic mass is 10.2. The largest absolute Gasteiger partial charge is 1.00 e. The summed E-state index contributed by atoms with van der Waals surface area (Å²) in [7, 11) is 0. The van der Waals surface area contributed by atoms with Crippen molar-refractivity contribution in [3.8, 4) is 11.9 Å². The first-order valence-corrected chi connectivity index (χ1v) is 11.9. The quantitative estimate of drug-likeness (QED) is 0.0646. The van der Waals surface area contributed by atoms with Crippen LogP contribution in [-0.2, 0) is 11.5 Å². The smallest absolute Gasteiger partial charge is 0.411 e. The van der Waals surface area contributed by atoms with E-state index < -0.39 is 6.09 Å². The highest BCUT2D eigenvalue weighted by atomic mass is 35.5. The Hall–Kier alpha value is -2.97. The van der Waals surface area contributed by atoms with E-state index in [4.69, 9.17) is 32.1 Å². The van der Waals surface area contributed by atoms with Gasteiger partial charge in [-0.3, -0.25) is 10.3 Å². The number of carbonyl (C=O) groups is 1. The molecule has 0 saturated carbocycles. The standard InChI is InChI=1S/C24H32ClN7O3.2ClH/c25-20-6-8-22(9-7-20)34-17-4-2-1-3-13-28-23(30-18-27)31-21-10-15-32(16-11-21)19-35-24(33)29-14-5-12-26;;/h6-11,15-16H,1-5,12-14,17,19,26H2,(H2,28,29,30,33);2*1H. The zero-order valence-corrected chi connectivity index (χ0v) is 22.8. The van der Waals surface area contributed by atoms with E-state index in [0.29, 0.717) is 43.6 Å². The molecule has 1 amide bonds. The molecule has 204 valence electrons. The van der Waals surface area contributed by atoms with E-state index in [1.54, 1.807) is 29.1 Å². The summed E-state index contributed by atoms with van der Waals surface area (Å²) in [5, 5.41) is 18.0. The number of unbranched alkanes of at least 4 members (excludes halogenated alkanes) is 3. The van der Waals surface area contributed by atoms with Crippen molar-refractivity contribution in [3.63, 3.8) is 0 Å². The molecule has 0 fully saturated rings. The van der Waals surface area contributed by atoms with Crippen LogP contribution in [0.3, 0.4) is 0 Å². The molecule has 2 rings (SSSR count). The Labute approximate surface area is 235 Å². The summed E-state index contributed by atoms with van der Waals surface area (Å²) in [4.78, 5) is 16.0. The van der Waals surface area contributed by atoms with Crippen molar-refractivity contribution in [2.75, 3.05) is 31.6 Å². The van der Waals surface area contributed by atoms with Crippen LogP contribution in [0.5, 0.6) is 5.75 Å². The highest BCUT2D eigenvalue weighted by Crippen LogP contribution is 2.16. The zero-order valence-electron chi connectivity index (χ0n) is 20.5. The monoisotopic (exact) mass is 573 g/mol. The maximum absolute atomic E-state index is 11.6. The molecule has 1 aromatic carbocycles. The Morgan fingerprint density at radius 1 is 1.08 bits per heavy atom. The Morgan fingerprint density at radius 2 is 1.78 bits per heavy atom. The lowest BCUT2D eigenvalue weighted by molar-refractivity contribution is -0.727. The minimum Gasteiger partial charge on any atom is -1.00 e. The fourth-order valence-electron chi connectivity index (χ4n) is 2.88. The third kappa shape index (κ3) is 15.7. The lowest BCUT2D eigenvalue weighted by Gasteiger charge is -2.08. The number of hydrogen-bond donors (Lipinski definition) is 4. The molecule has 0 radical (unpaired) electrons. The highest BCUT2D eigenvalue weighted by molar-refractivity contribution is 6.30. The Morgan fingerprint density at radius 3 is 2.46 bits per heavy atom. The van der Waals surface area contributed by atoms with Gasteiger partial charge in [0.2, 0.25) is 5.96 Å². The number of amides is 1. The highest BCUT2D eigenvalue weighted by Gasteiger charge is 2.07. The molecule has 0 spiro atoms. The first-order chi connectivity index (χ1) is 17.1. The second kappa shape index (κ2) is 21.1. The molecule has 0 atom stereocenters. The number of anilines is 1. The van der Waals surface area contributed by atoms with Crippen molar-refractivity contribution in [2.45, 2.75) is 38.8 Å². The lowest BCUT2D eigenvalue weighted by Crippen LogP contribution is -3.00. The van der Waals surface area contributed by atoms with Crippen LogP contribution >= 0.6 is 24.0 Å². The van der Waals surface area contributed by atoms with E-state index in [-0.39, 0.29) is 31.5 Å². The van der Waals surface area contributed by atoms with Crippen LogP contribution in [0.25, 0.3) is 0 Å². The van der Waals surface area contributed by atoms with Gasteiger partial charge in [0.05, 0.1) is 12.3 Å². The van der Waals surface area contributed by atoms with Gasteiger partial charge in [0.15, 0.2) is 18.6 Å². The Bertz CT molecular complexity index is 956. The molecule has 0 unspecified atom stereocenters. The number of aromatic nitrogens is 1. The fourth-order valence-corrected chi connectivity index (χ4v) is 3.01. The van der Waals surface area contributed by atoms with Crippen LogP contribution in [0, 0.1) is 11.5 Å². The fraction of sp³-hybridized carbons (Fsp3) is 0.417. The molecule has 0 bridgehead atoms. The van der Waals surface area contributed by atoms with Crippen LogP contribution in [0.1, 0.15) is 32.1 Å². The number of halogens is 3. The zero-order chi connectivity index (χ0) is 25.1. The summed E-state index contributed by atoms with van der Waals surface area (Å²) in [6.07, 6.45) is 9.51. The summed E-state index contributed by atoms with van der Waals surface area (Å²) in [5.74, 6) is 1.20. The maximum atomic E-state index is 11.6. The van der Waals surface area contributed by atoms with Crippen LogP contribution in [0.15, 0.2) is 53.8 Å². The Balaban J connectivity index is 0.00000648. The van der Waals surface area contributed by atoms with E-state index >= 15 is 0 Å². The molecule has 10 nitrogen and oxygen atoms in total. The predicted octanol–water partition coefficient (Wildman–Crippen LogP) is 0.564. The van der Waals surface area contributed by atoms with E-state index in [1.807, 2.05) is 30.5 Å². The summed E-state index contributed by atoms with van der Waals surface area (Å²) in [5.41, 5.74) is 6.13. The van der Waals surface area contributed by atoms with Gasteiger partial charge < -0.3 is 38.2 Å². The van der Waals surface area contributed by atoms with Crippen LogP contribution in [0.2, 0.25) is 5.02 Å². The SMILES string of the molecule is Cl.N#CNC(=NCCCCCCOc1ccc(Cl)cc1)Nc1cc[n+](COC(=O)NCCCN)cc1.[Cl-]. The molecule has 0 saturated heterocycles. The molecule has 5 N–H and O–H groups in total. The number of aliphatic imine (C=N–C) groups is 1. The molecule has 0 aliphatic rings. The third-order valence-corrected chi connectivity index (χ3v) is 4.98. The second-order valence-electron chi connectivity index (χ2n) is 7.54. The number of guanidine groups is 1. The van der Waals surface area contributed by atoms with Crippen LogP contribution in [0.4, 0.5) is 10.5 Å². The van der Waals surface area contributed by atoms with Gasteiger partial charge in [0.1, 0.15) is 5.75 Å². The molecule has 2 aromatic rings. The number of nitrogens with zero attached hydrogens (tertiary/aromatic N) is 3. The normalized spacial score (nSPS) is 10.2. The minimum atomic E-state index is -0.491. The van der Waals surface area contributed by atoms with Crippen molar-refractivity contribution in [1.29, 1.82) is 5.26 Å². The number of ether oxygens (including phenoxy) is 2. The van der Waals surface area contributed by atoms with Crippen molar-refractivity contribution in [2.24, 2.45) is 10.7 Å². The topological polar surface area (TPSA) is 138 Å². The van der Waals surface area contributed by atoms with Gasteiger partial charge in [-0.1, -0.05) is 18.0 Å². The van der Waals surface area contributed by atoms with Gasteiger partial charge in [0, 0.05) is 30.2 Å². The van der Waals surface area contributed by atoms with Crippen molar-refractivity contribution < 1.29 is 31.2 Å². The van der Waals surface area contributed by atoms with Gasteiger partial charge in [0.25, 0.3) is 6.73 Å². The van der Waals surface area contributed by atoms with Crippen molar-refractivity contribution in [1.82, 2.24) is 10.6 Å². The first-order valence-electron chi connectivity index (χ1n) is 11.6. The number of nitrogens with two attached hydrogens (primary N) is 1. The number of carbonyl (C=O) groups excluding carboxylic acids is 1. The number of benzene rings is 1. The van der Waals surface area contributed by atoms with Crippen LogP contribution in [-0.4, -0.2) is 38.3 Å². The molecular weight excluding hydrogens is 541 g/mol. The molecule has 0 aliphatic heterocycles. The van der Waals surface area contributed by atoms with Crippen molar-refractivity contribution in [3.05, 3.63) is 53.8 Å². The number of alkyl carbamates (subject to hydrolysis) is 1. The Kier molecular flexibility index (Phi) is 19.4. The van der Waals surface area contributed by atoms with E-state index in [1.165, 1.54) is 0 Å². The van der Waals surface area contributed by atoms with Crippen LogP contribution < -0.4 is 43.4 Å². The summed E-state index contributed by atoms with van der Waals surface area (Å²) >= 11 is 5.86. The molecular formula is C24H34Cl3N7O3. The average Bonchev–Trinajstić information content (AvgIpc) is 2.86. The molecule has 1 heterocycles. The average molecular weight is 575 g/mol. The maximum Gasteiger partial charge on any atom is 0.411 e. The molecule has 1 aromatic heterocycles. The summed E-state index contributed by atoms with van der Waals surface area (Å²) < 4.78 is 12.5. The second-order valence-corrected chi connectivity index (χ2v) is 7.98. The third-order valence-electron chi connectivity index (χ3n) is 4.73. The minimum absolute atomic E-state index is 0. The molecule has 0 aliphatic carbocycles. The number of rotatable bonds is 14. The number of pyridine rings is 1. The van der Waals surface area contributed by atoms with E-state index in [0.717, 1.165) is 37.1 Å².